The highest BCUT2D eigenvalue weighted by Gasteiger charge is 2.15. The van der Waals surface area contributed by atoms with Gasteiger partial charge in [-0.3, -0.25) is 5.10 Å². The number of nitrogens with zero attached hydrogens (tertiary/aromatic N) is 2. The van der Waals surface area contributed by atoms with Crippen molar-refractivity contribution >= 4 is 0 Å². The first-order chi connectivity index (χ1) is 8.70. The monoisotopic (exact) mass is 244 g/mol. The van der Waals surface area contributed by atoms with Crippen LogP contribution < -0.4 is 5.32 Å². The Balaban J connectivity index is 2.07. The first kappa shape index (κ1) is 12.8. The van der Waals surface area contributed by atoms with E-state index >= 15 is 0 Å². The van der Waals surface area contributed by atoms with Gasteiger partial charge in [0.1, 0.15) is 12.2 Å². The minimum atomic E-state index is 0.166. The number of H-pyrrole nitrogens is 1. The van der Waals surface area contributed by atoms with Crippen LogP contribution in [0.15, 0.2) is 30.6 Å². The summed E-state index contributed by atoms with van der Waals surface area (Å²) in [5.41, 5.74) is 2.60. The molecule has 0 bridgehead atoms. The van der Waals surface area contributed by atoms with Gasteiger partial charge in [0.25, 0.3) is 0 Å². The van der Waals surface area contributed by atoms with Gasteiger partial charge in [-0.25, -0.2) is 4.98 Å². The normalized spacial score (nSPS) is 14.4. The molecule has 1 aromatic carbocycles. The molecule has 1 heterocycles. The molecular formula is C14H20N4. The summed E-state index contributed by atoms with van der Waals surface area (Å²) in [7, 11) is 0. The van der Waals surface area contributed by atoms with Gasteiger partial charge in [-0.2, -0.15) is 5.10 Å². The van der Waals surface area contributed by atoms with E-state index in [1.807, 2.05) is 0 Å². The highest BCUT2D eigenvalue weighted by molar-refractivity contribution is 5.24. The summed E-state index contributed by atoms with van der Waals surface area (Å²) < 4.78 is 0. The lowest BCUT2D eigenvalue weighted by Gasteiger charge is -2.21. The molecule has 1 aromatic heterocycles. The van der Waals surface area contributed by atoms with Crippen LogP contribution in [-0.2, 0) is 0 Å². The fourth-order valence-electron chi connectivity index (χ4n) is 2.05. The van der Waals surface area contributed by atoms with Crippen molar-refractivity contribution in [3.05, 3.63) is 47.5 Å². The van der Waals surface area contributed by atoms with Gasteiger partial charge in [-0.05, 0) is 25.8 Å². The fourth-order valence-corrected chi connectivity index (χ4v) is 2.05. The molecular weight excluding hydrogens is 224 g/mol. The van der Waals surface area contributed by atoms with Crippen LogP contribution in [0, 0.1) is 6.92 Å². The Hall–Kier alpha value is -1.68. The number of hydrogen-bond donors (Lipinski definition) is 2. The average molecular weight is 244 g/mol. The molecule has 2 aromatic rings. The molecule has 2 atom stereocenters. The van der Waals surface area contributed by atoms with Gasteiger partial charge >= 0.3 is 0 Å². The molecule has 0 aliphatic carbocycles. The van der Waals surface area contributed by atoms with Crippen molar-refractivity contribution in [1.29, 1.82) is 0 Å². The third-order valence-corrected chi connectivity index (χ3v) is 3.18. The minimum Gasteiger partial charge on any atom is -0.301 e. The van der Waals surface area contributed by atoms with Gasteiger partial charge < -0.3 is 5.32 Å². The van der Waals surface area contributed by atoms with Gasteiger partial charge in [0.2, 0.25) is 0 Å². The Labute approximate surface area is 108 Å². The number of aromatic nitrogens is 3. The molecule has 0 saturated heterocycles. The van der Waals surface area contributed by atoms with Gasteiger partial charge in [-0.1, -0.05) is 36.8 Å². The Bertz CT molecular complexity index is 461. The van der Waals surface area contributed by atoms with Crippen LogP contribution in [0.5, 0.6) is 0 Å². The molecule has 2 rings (SSSR count). The zero-order valence-electron chi connectivity index (χ0n) is 11.1. The molecule has 0 saturated carbocycles. The van der Waals surface area contributed by atoms with E-state index in [0.29, 0.717) is 6.04 Å². The molecule has 2 N–H and O–H groups in total. The quantitative estimate of drug-likeness (QED) is 0.850. The molecule has 0 aliphatic rings. The van der Waals surface area contributed by atoms with Crippen LogP contribution in [0.4, 0.5) is 0 Å². The van der Waals surface area contributed by atoms with Crippen molar-refractivity contribution in [2.24, 2.45) is 0 Å². The Morgan fingerprint density at radius 1 is 1.28 bits per heavy atom. The molecule has 0 radical (unpaired) electrons. The van der Waals surface area contributed by atoms with E-state index in [0.717, 1.165) is 12.2 Å². The maximum absolute atomic E-state index is 4.18. The van der Waals surface area contributed by atoms with Crippen molar-refractivity contribution < 1.29 is 0 Å². The standard InChI is InChI=1S/C14H20N4/c1-4-13(12-7-5-10(2)6-8-12)17-11(3)14-15-9-16-18-14/h5-9,11,13,17H,4H2,1-3H3,(H,15,16,18). The Morgan fingerprint density at radius 3 is 2.56 bits per heavy atom. The van der Waals surface area contributed by atoms with Crippen molar-refractivity contribution in [2.75, 3.05) is 0 Å². The second-order valence-corrected chi connectivity index (χ2v) is 4.63. The summed E-state index contributed by atoms with van der Waals surface area (Å²) in [4.78, 5) is 4.18. The average Bonchev–Trinajstić information content (AvgIpc) is 2.91. The topological polar surface area (TPSA) is 53.6 Å². The molecule has 18 heavy (non-hydrogen) atoms. The summed E-state index contributed by atoms with van der Waals surface area (Å²) in [5, 5.41) is 10.4. The minimum absolute atomic E-state index is 0.166. The maximum Gasteiger partial charge on any atom is 0.141 e. The molecule has 96 valence electrons. The molecule has 2 unspecified atom stereocenters. The van der Waals surface area contributed by atoms with Crippen LogP contribution in [-0.4, -0.2) is 15.2 Å². The molecule has 0 amide bonds. The predicted molar refractivity (Wildman–Crippen MR) is 72.1 cm³/mol. The lowest BCUT2D eigenvalue weighted by molar-refractivity contribution is 0.443. The number of benzene rings is 1. The van der Waals surface area contributed by atoms with Crippen LogP contribution in [0.2, 0.25) is 0 Å². The Morgan fingerprint density at radius 2 is 2.00 bits per heavy atom. The van der Waals surface area contributed by atoms with E-state index in [-0.39, 0.29) is 6.04 Å². The van der Waals surface area contributed by atoms with Crippen molar-refractivity contribution in [1.82, 2.24) is 20.5 Å². The summed E-state index contributed by atoms with van der Waals surface area (Å²) in [6, 6.07) is 9.18. The predicted octanol–water partition coefficient (Wildman–Crippen LogP) is 2.92. The van der Waals surface area contributed by atoms with Crippen molar-refractivity contribution in [3.8, 4) is 0 Å². The van der Waals surface area contributed by atoms with E-state index in [4.69, 9.17) is 0 Å². The summed E-state index contributed by atoms with van der Waals surface area (Å²) in [5.74, 6) is 0.876. The number of aryl methyl sites for hydroxylation is 1. The number of aromatic amines is 1. The molecule has 4 nitrogen and oxygen atoms in total. The maximum atomic E-state index is 4.18. The first-order valence-corrected chi connectivity index (χ1v) is 6.38. The van der Waals surface area contributed by atoms with E-state index < -0.39 is 0 Å². The number of hydrogen-bond acceptors (Lipinski definition) is 3. The highest BCUT2D eigenvalue weighted by Crippen LogP contribution is 2.20. The largest absolute Gasteiger partial charge is 0.301 e. The first-order valence-electron chi connectivity index (χ1n) is 6.38. The van der Waals surface area contributed by atoms with Gasteiger partial charge in [0, 0.05) is 6.04 Å². The number of nitrogens with one attached hydrogen (secondary N) is 2. The zero-order valence-corrected chi connectivity index (χ0v) is 11.1. The third kappa shape index (κ3) is 2.96. The van der Waals surface area contributed by atoms with E-state index in [1.54, 1.807) is 6.33 Å². The number of rotatable bonds is 5. The van der Waals surface area contributed by atoms with Gasteiger partial charge in [0.15, 0.2) is 0 Å². The van der Waals surface area contributed by atoms with Crippen LogP contribution in [0.3, 0.4) is 0 Å². The second-order valence-electron chi connectivity index (χ2n) is 4.63. The fraction of sp³-hybridized carbons (Fsp3) is 0.429. The van der Waals surface area contributed by atoms with Crippen LogP contribution in [0.1, 0.15) is 49.3 Å². The lowest BCUT2D eigenvalue weighted by Crippen LogP contribution is -2.25. The molecule has 0 fully saturated rings. The summed E-state index contributed by atoms with van der Waals surface area (Å²) in [6.07, 6.45) is 2.59. The SMILES string of the molecule is CCC(NC(C)c1ncn[nH]1)c1ccc(C)cc1. The summed E-state index contributed by atoms with van der Waals surface area (Å²) in [6.45, 7) is 6.39. The van der Waals surface area contributed by atoms with Crippen molar-refractivity contribution in [3.63, 3.8) is 0 Å². The molecule has 4 heteroatoms. The zero-order chi connectivity index (χ0) is 13.0. The third-order valence-electron chi connectivity index (χ3n) is 3.18. The highest BCUT2D eigenvalue weighted by atomic mass is 15.2. The van der Waals surface area contributed by atoms with E-state index in [2.05, 4.69) is 65.5 Å². The smallest absolute Gasteiger partial charge is 0.141 e. The van der Waals surface area contributed by atoms with Gasteiger partial charge in [-0.15, -0.1) is 0 Å². The van der Waals surface area contributed by atoms with Crippen molar-refractivity contribution in [2.45, 2.75) is 39.3 Å². The van der Waals surface area contributed by atoms with E-state index in [1.165, 1.54) is 11.1 Å². The summed E-state index contributed by atoms with van der Waals surface area (Å²) >= 11 is 0. The van der Waals surface area contributed by atoms with Crippen LogP contribution in [0.25, 0.3) is 0 Å². The molecule has 0 aliphatic heterocycles. The van der Waals surface area contributed by atoms with Crippen LogP contribution >= 0.6 is 0 Å². The second kappa shape index (κ2) is 5.78. The molecule has 0 spiro atoms. The Kier molecular flexibility index (Phi) is 4.10. The van der Waals surface area contributed by atoms with E-state index in [9.17, 15) is 0 Å². The van der Waals surface area contributed by atoms with Gasteiger partial charge in [0.05, 0.1) is 6.04 Å². The lowest BCUT2D eigenvalue weighted by atomic mass is 10.0.